The van der Waals surface area contributed by atoms with Crippen LogP contribution in [0, 0.1) is 10.1 Å². The number of nitrogens with zero attached hydrogens (tertiary/aromatic N) is 2. The van der Waals surface area contributed by atoms with Crippen LogP contribution in [0.2, 0.25) is 0 Å². The molecule has 0 aliphatic carbocycles. The highest BCUT2D eigenvalue weighted by atomic mass is 16.6. The van der Waals surface area contributed by atoms with Crippen molar-refractivity contribution in [2.75, 3.05) is 6.61 Å². The molecule has 0 radical (unpaired) electrons. The number of rotatable bonds is 26. The summed E-state index contributed by atoms with van der Waals surface area (Å²) >= 11 is 0. The first-order valence-corrected chi connectivity index (χ1v) is 16.1. The van der Waals surface area contributed by atoms with E-state index in [-0.39, 0.29) is 17.2 Å². The first-order valence-electron chi connectivity index (χ1n) is 16.1. The van der Waals surface area contributed by atoms with Crippen LogP contribution < -0.4 is 0 Å². The van der Waals surface area contributed by atoms with E-state index < -0.39 is 5.97 Å². The zero-order valence-electron chi connectivity index (χ0n) is 25.1. The summed E-state index contributed by atoms with van der Waals surface area (Å²) in [5, 5.41) is 11.9. The second kappa shape index (κ2) is 23.1. The molecule has 0 atom stereocenters. The lowest BCUT2D eigenvalue weighted by Gasteiger charge is -2.12. The minimum atomic E-state index is -0.451. The second-order valence-electron chi connectivity index (χ2n) is 11.0. The number of unbranched alkanes of at least 4 members (excludes halogenated alkanes) is 19. The van der Waals surface area contributed by atoms with Crippen LogP contribution in [0.5, 0.6) is 0 Å². The second-order valence-corrected chi connectivity index (χ2v) is 11.0. The molecule has 6 nitrogen and oxygen atoms in total. The Morgan fingerprint density at radius 3 is 1.55 bits per heavy atom. The van der Waals surface area contributed by atoms with Gasteiger partial charge in [-0.25, -0.2) is 4.79 Å². The van der Waals surface area contributed by atoms with E-state index >= 15 is 0 Å². The lowest BCUT2D eigenvalue weighted by atomic mass is 10.0. The molecule has 0 aliphatic heterocycles. The number of hydrogen-bond acceptors (Lipinski definition) is 4. The third-order valence-electron chi connectivity index (χ3n) is 7.62. The molecule has 0 unspecified atom stereocenters. The van der Waals surface area contributed by atoms with Gasteiger partial charge in [0.05, 0.1) is 17.2 Å². The maximum atomic E-state index is 12.6. The van der Waals surface area contributed by atoms with E-state index in [0.717, 1.165) is 25.7 Å². The number of carbonyl (C=O) groups excluding carboxylic acids is 1. The largest absolute Gasteiger partial charge is 0.461 e. The van der Waals surface area contributed by atoms with E-state index in [1.165, 1.54) is 115 Å². The smallest absolute Gasteiger partial charge is 0.355 e. The summed E-state index contributed by atoms with van der Waals surface area (Å²) < 4.78 is 7.15. The number of hydrogen-bond donors (Lipinski definition) is 0. The summed E-state index contributed by atoms with van der Waals surface area (Å²) in [5.74, 6) is -0.451. The van der Waals surface area contributed by atoms with Crippen molar-refractivity contribution < 1.29 is 14.5 Å². The van der Waals surface area contributed by atoms with Crippen LogP contribution in [0.1, 0.15) is 172 Å². The standard InChI is InChI=1S/C32H58N2O4/c1-4-7-9-11-13-15-17-18-20-22-24-26-29-30(34(36)37)28-31(32(35)38-6-3)33(29)27-25-23-21-19-16-14-12-10-8-5-2/h28H,4-27H2,1-3H3. The predicted octanol–water partition coefficient (Wildman–Crippen LogP) is 10.3. The van der Waals surface area contributed by atoms with Crippen LogP contribution in [-0.2, 0) is 17.7 Å². The van der Waals surface area contributed by atoms with E-state index in [0.29, 0.717) is 24.4 Å². The minimum absolute atomic E-state index is 0.0761. The Kier molecular flexibility index (Phi) is 20.8. The molecular weight excluding hydrogens is 476 g/mol. The highest BCUT2D eigenvalue weighted by Crippen LogP contribution is 2.28. The average molecular weight is 535 g/mol. The third kappa shape index (κ3) is 14.9. The van der Waals surface area contributed by atoms with Crippen molar-refractivity contribution in [1.82, 2.24) is 4.57 Å². The van der Waals surface area contributed by atoms with Crippen LogP contribution in [0.3, 0.4) is 0 Å². The van der Waals surface area contributed by atoms with Crippen molar-refractivity contribution in [3.63, 3.8) is 0 Å². The maximum absolute atomic E-state index is 12.6. The molecule has 1 heterocycles. The monoisotopic (exact) mass is 534 g/mol. The highest BCUT2D eigenvalue weighted by Gasteiger charge is 2.27. The molecule has 0 spiro atoms. The summed E-state index contributed by atoms with van der Waals surface area (Å²) in [6.45, 7) is 7.18. The third-order valence-corrected chi connectivity index (χ3v) is 7.62. The SMILES string of the molecule is CCCCCCCCCCCCCc1c([N+](=O)[O-])cc(C(=O)OCC)n1CCCCCCCCCCCC. The predicted molar refractivity (Wildman–Crippen MR) is 159 cm³/mol. The Hall–Kier alpha value is -1.85. The number of esters is 1. The van der Waals surface area contributed by atoms with E-state index in [2.05, 4.69) is 13.8 Å². The molecular formula is C32H58N2O4. The van der Waals surface area contributed by atoms with Gasteiger partial charge in [0.2, 0.25) is 0 Å². The summed E-state index contributed by atoms with van der Waals surface area (Å²) in [4.78, 5) is 24.2. The van der Waals surface area contributed by atoms with Gasteiger partial charge in [0, 0.05) is 12.6 Å². The van der Waals surface area contributed by atoms with Crippen molar-refractivity contribution in [1.29, 1.82) is 0 Å². The van der Waals surface area contributed by atoms with Gasteiger partial charge < -0.3 is 9.30 Å². The van der Waals surface area contributed by atoms with Gasteiger partial charge in [0.15, 0.2) is 0 Å². The molecule has 0 bridgehead atoms. The van der Waals surface area contributed by atoms with E-state index in [1.807, 2.05) is 4.57 Å². The highest BCUT2D eigenvalue weighted by molar-refractivity contribution is 5.89. The van der Waals surface area contributed by atoms with Crippen molar-refractivity contribution >= 4 is 11.7 Å². The quantitative estimate of drug-likeness (QED) is 0.0512. The number of ether oxygens (including phenoxy) is 1. The number of nitro groups is 1. The molecule has 38 heavy (non-hydrogen) atoms. The summed E-state index contributed by atoms with van der Waals surface area (Å²) in [6.07, 6.45) is 26.7. The van der Waals surface area contributed by atoms with Gasteiger partial charge in [-0.05, 0) is 26.2 Å². The molecule has 6 heteroatoms. The van der Waals surface area contributed by atoms with Crippen LogP contribution >= 0.6 is 0 Å². The van der Waals surface area contributed by atoms with Gasteiger partial charge >= 0.3 is 5.97 Å². The number of aromatic nitrogens is 1. The molecule has 220 valence electrons. The summed E-state index contributed by atoms with van der Waals surface area (Å²) in [7, 11) is 0. The van der Waals surface area contributed by atoms with Gasteiger partial charge in [0.1, 0.15) is 5.69 Å². The summed E-state index contributed by atoms with van der Waals surface area (Å²) in [6, 6.07) is 1.45. The Morgan fingerprint density at radius 1 is 0.711 bits per heavy atom. The molecule has 1 aromatic rings. The van der Waals surface area contributed by atoms with Crippen molar-refractivity contribution in [2.24, 2.45) is 0 Å². The lowest BCUT2D eigenvalue weighted by Crippen LogP contribution is -2.14. The van der Waals surface area contributed by atoms with Gasteiger partial charge in [-0.3, -0.25) is 10.1 Å². The summed E-state index contributed by atoms with van der Waals surface area (Å²) in [5.41, 5.74) is 1.12. The van der Waals surface area contributed by atoms with Gasteiger partial charge in [0.25, 0.3) is 5.69 Å². The lowest BCUT2D eigenvalue weighted by molar-refractivity contribution is -0.385. The fourth-order valence-electron chi connectivity index (χ4n) is 5.34. The van der Waals surface area contributed by atoms with Crippen molar-refractivity contribution in [3.8, 4) is 0 Å². The Morgan fingerprint density at radius 2 is 1.13 bits per heavy atom. The Bertz CT molecular complexity index is 744. The van der Waals surface area contributed by atoms with Crippen LogP contribution in [0.4, 0.5) is 5.69 Å². The van der Waals surface area contributed by atoms with Crippen molar-refractivity contribution in [2.45, 2.75) is 169 Å². The first kappa shape index (κ1) is 34.2. The van der Waals surface area contributed by atoms with E-state index in [1.54, 1.807) is 6.92 Å². The molecule has 1 aromatic heterocycles. The topological polar surface area (TPSA) is 74.4 Å². The zero-order chi connectivity index (χ0) is 27.8. The average Bonchev–Trinajstić information content (AvgIpc) is 3.27. The number of carbonyl (C=O) groups is 1. The van der Waals surface area contributed by atoms with Crippen LogP contribution in [0.15, 0.2) is 6.07 Å². The normalized spacial score (nSPS) is 11.2. The fourth-order valence-corrected chi connectivity index (χ4v) is 5.34. The van der Waals surface area contributed by atoms with E-state index in [9.17, 15) is 14.9 Å². The molecule has 0 aliphatic rings. The molecule has 1 rings (SSSR count). The molecule has 0 aromatic carbocycles. The Balaban J connectivity index is 2.55. The van der Waals surface area contributed by atoms with Gasteiger partial charge in [-0.2, -0.15) is 0 Å². The zero-order valence-corrected chi connectivity index (χ0v) is 25.1. The molecule has 0 saturated heterocycles. The van der Waals surface area contributed by atoms with Crippen molar-refractivity contribution in [3.05, 3.63) is 27.6 Å². The molecule has 0 fully saturated rings. The van der Waals surface area contributed by atoms with E-state index in [4.69, 9.17) is 4.74 Å². The van der Waals surface area contributed by atoms with Gasteiger partial charge in [-0.15, -0.1) is 0 Å². The fraction of sp³-hybridized carbons (Fsp3) is 0.844. The van der Waals surface area contributed by atoms with Crippen LogP contribution in [0.25, 0.3) is 0 Å². The van der Waals surface area contributed by atoms with Gasteiger partial charge in [-0.1, -0.05) is 136 Å². The first-order chi connectivity index (χ1) is 18.6. The molecule has 0 saturated carbocycles. The van der Waals surface area contributed by atoms with Crippen LogP contribution in [-0.4, -0.2) is 22.1 Å². The minimum Gasteiger partial charge on any atom is -0.461 e. The Labute approximate surface area is 233 Å². The molecule has 0 N–H and O–H groups in total. The maximum Gasteiger partial charge on any atom is 0.355 e. The molecule has 0 amide bonds.